The van der Waals surface area contributed by atoms with E-state index in [1.807, 2.05) is 0 Å². The molecule has 5 atom stereocenters. The zero-order valence-corrected chi connectivity index (χ0v) is 18.8. The summed E-state index contributed by atoms with van der Waals surface area (Å²) >= 11 is 0. The number of esters is 3. The third-order valence-corrected chi connectivity index (χ3v) is 7.35. The topological polar surface area (TPSA) is 97.4 Å². The summed E-state index contributed by atoms with van der Waals surface area (Å²) in [5, 5.41) is 0. The van der Waals surface area contributed by atoms with Crippen LogP contribution in [0.15, 0.2) is 0 Å². The number of ether oxygens (including phenoxy) is 5. The third-order valence-electron chi connectivity index (χ3n) is 7.35. The lowest BCUT2D eigenvalue weighted by atomic mass is 9.50. The predicted octanol–water partition coefficient (Wildman–Crippen LogP) is 2.76. The average molecular weight is 439 g/mol. The number of carbonyl (C=O) groups excluding carboxylic acids is 3. The van der Waals surface area contributed by atoms with Gasteiger partial charge >= 0.3 is 17.9 Å². The summed E-state index contributed by atoms with van der Waals surface area (Å²) in [6.07, 6.45) is 3.11. The van der Waals surface area contributed by atoms with Crippen LogP contribution in [0.2, 0.25) is 0 Å². The fraction of sp³-hybridized carbons (Fsp3) is 0.870. The molecule has 1 heterocycles. The zero-order valence-electron chi connectivity index (χ0n) is 18.8. The van der Waals surface area contributed by atoms with Crippen molar-refractivity contribution in [2.45, 2.75) is 96.9 Å². The monoisotopic (exact) mass is 438 g/mol. The Kier molecular flexibility index (Phi) is 6.32. The van der Waals surface area contributed by atoms with Gasteiger partial charge in [0.2, 0.25) is 0 Å². The fourth-order valence-corrected chi connectivity index (χ4v) is 6.83. The van der Waals surface area contributed by atoms with Crippen LogP contribution in [0.25, 0.3) is 0 Å². The zero-order chi connectivity index (χ0) is 22.3. The van der Waals surface area contributed by atoms with Crippen LogP contribution >= 0.6 is 0 Å². The minimum atomic E-state index is -1.02. The van der Waals surface area contributed by atoms with Gasteiger partial charge in [0.25, 0.3) is 0 Å². The lowest BCUT2D eigenvalue weighted by molar-refractivity contribution is -0.308. The van der Waals surface area contributed by atoms with Crippen molar-refractivity contribution < 1.29 is 38.1 Å². The van der Waals surface area contributed by atoms with Crippen LogP contribution in [0.3, 0.4) is 0 Å². The van der Waals surface area contributed by atoms with E-state index in [-0.39, 0.29) is 5.41 Å². The van der Waals surface area contributed by atoms with Crippen LogP contribution in [0.4, 0.5) is 0 Å². The van der Waals surface area contributed by atoms with Gasteiger partial charge in [-0.25, -0.2) is 0 Å². The molecule has 4 aliphatic carbocycles. The second-order valence-electron chi connectivity index (χ2n) is 10.2. The van der Waals surface area contributed by atoms with Gasteiger partial charge in [-0.3, -0.25) is 14.4 Å². The Hall–Kier alpha value is -1.67. The lowest BCUT2D eigenvalue weighted by Gasteiger charge is -2.57. The maximum atomic E-state index is 11.8. The second kappa shape index (κ2) is 8.70. The molecular weight excluding hydrogens is 404 g/mol. The molecule has 8 nitrogen and oxygen atoms in total. The van der Waals surface area contributed by atoms with Gasteiger partial charge in [-0.15, -0.1) is 0 Å². The molecule has 0 aromatic carbocycles. The molecule has 4 saturated carbocycles. The molecule has 5 rings (SSSR count). The number of hydrogen-bond acceptors (Lipinski definition) is 8. The van der Waals surface area contributed by atoms with E-state index in [4.69, 9.17) is 23.7 Å². The van der Waals surface area contributed by atoms with E-state index < -0.39 is 48.6 Å². The van der Waals surface area contributed by atoms with E-state index in [2.05, 4.69) is 0 Å². The molecule has 1 aliphatic heterocycles. The molecule has 8 heteroatoms. The molecule has 0 radical (unpaired) electrons. The molecule has 31 heavy (non-hydrogen) atoms. The molecule has 0 aromatic rings. The first kappa shape index (κ1) is 22.5. The summed E-state index contributed by atoms with van der Waals surface area (Å²) in [5.41, 5.74) is 0.145. The van der Waals surface area contributed by atoms with Crippen molar-refractivity contribution >= 4 is 17.9 Å². The van der Waals surface area contributed by atoms with Crippen molar-refractivity contribution in [1.82, 2.24) is 0 Å². The third kappa shape index (κ3) is 4.90. The minimum absolute atomic E-state index is 0.145. The maximum Gasteiger partial charge on any atom is 0.303 e. The van der Waals surface area contributed by atoms with Crippen LogP contribution in [0.5, 0.6) is 0 Å². The highest BCUT2D eigenvalue weighted by atomic mass is 16.7. The fourth-order valence-electron chi connectivity index (χ4n) is 6.83. The predicted molar refractivity (Wildman–Crippen MR) is 108 cm³/mol. The van der Waals surface area contributed by atoms with Crippen LogP contribution in [0, 0.1) is 23.2 Å². The maximum absolute atomic E-state index is 11.8. The first-order valence-corrected chi connectivity index (χ1v) is 11.4. The summed E-state index contributed by atoms with van der Waals surface area (Å²) in [4.78, 5) is 35.3. The Bertz CT molecular complexity index is 683. The van der Waals surface area contributed by atoms with Crippen molar-refractivity contribution in [2.24, 2.45) is 23.2 Å². The average Bonchev–Trinajstić information content (AvgIpc) is 2.63. The van der Waals surface area contributed by atoms with E-state index >= 15 is 0 Å². The first-order chi connectivity index (χ1) is 14.6. The van der Waals surface area contributed by atoms with Gasteiger partial charge < -0.3 is 23.7 Å². The highest BCUT2D eigenvalue weighted by Gasteiger charge is 2.54. The van der Waals surface area contributed by atoms with E-state index in [0.29, 0.717) is 6.61 Å². The summed E-state index contributed by atoms with van der Waals surface area (Å²) in [5.74, 6) is 0.706. The van der Waals surface area contributed by atoms with Gasteiger partial charge in [0.15, 0.2) is 24.6 Å². The quantitative estimate of drug-likeness (QED) is 0.461. The van der Waals surface area contributed by atoms with Crippen molar-refractivity contribution in [3.63, 3.8) is 0 Å². The van der Waals surface area contributed by atoms with E-state index in [1.165, 1.54) is 59.3 Å². The Morgan fingerprint density at radius 1 is 0.774 bits per heavy atom. The summed E-state index contributed by atoms with van der Waals surface area (Å²) in [6.45, 7) is 6.07. The smallest absolute Gasteiger partial charge is 0.303 e. The van der Waals surface area contributed by atoms with Crippen LogP contribution in [0.1, 0.15) is 66.2 Å². The van der Waals surface area contributed by atoms with Crippen molar-refractivity contribution in [3.05, 3.63) is 0 Å². The van der Waals surface area contributed by atoms with Crippen LogP contribution < -0.4 is 0 Å². The Morgan fingerprint density at radius 3 is 1.71 bits per heavy atom. The molecule has 5 aliphatic rings. The molecule has 174 valence electrons. The van der Waals surface area contributed by atoms with Gasteiger partial charge in [-0.2, -0.15) is 0 Å². The molecule has 4 bridgehead atoms. The highest BCUT2D eigenvalue weighted by Crippen LogP contribution is 2.60. The SMILES string of the molecule is CC(=O)O[C@H]1[C@H](OC(C)=O)[C@@H](OCC23CC4CC(CC(C4)C2)C3)O[C@@H](C)[C@H]1OC(C)=O. The summed E-state index contributed by atoms with van der Waals surface area (Å²) in [6, 6.07) is 0. The lowest BCUT2D eigenvalue weighted by Crippen LogP contribution is -2.61. The molecule has 0 unspecified atom stereocenters. The van der Waals surface area contributed by atoms with Crippen molar-refractivity contribution in [2.75, 3.05) is 6.61 Å². The van der Waals surface area contributed by atoms with E-state index in [1.54, 1.807) is 6.92 Å². The van der Waals surface area contributed by atoms with E-state index in [0.717, 1.165) is 17.8 Å². The molecular formula is C23H34O8. The summed E-state index contributed by atoms with van der Waals surface area (Å²) in [7, 11) is 0. The number of carbonyl (C=O) groups is 3. The molecule has 0 N–H and O–H groups in total. The minimum Gasteiger partial charge on any atom is -0.456 e. The normalized spacial score (nSPS) is 43.4. The molecule has 0 spiro atoms. The molecule has 5 fully saturated rings. The first-order valence-electron chi connectivity index (χ1n) is 11.4. The Balaban J connectivity index is 1.51. The van der Waals surface area contributed by atoms with Crippen LogP contribution in [-0.4, -0.2) is 55.2 Å². The van der Waals surface area contributed by atoms with Gasteiger partial charge in [0.1, 0.15) is 0 Å². The van der Waals surface area contributed by atoms with E-state index in [9.17, 15) is 14.4 Å². The van der Waals surface area contributed by atoms with Gasteiger partial charge in [-0.05, 0) is 68.6 Å². The van der Waals surface area contributed by atoms with Crippen molar-refractivity contribution in [1.29, 1.82) is 0 Å². The highest BCUT2D eigenvalue weighted by molar-refractivity contribution is 5.68. The largest absolute Gasteiger partial charge is 0.456 e. The Morgan fingerprint density at radius 2 is 1.23 bits per heavy atom. The van der Waals surface area contributed by atoms with Gasteiger partial charge in [-0.1, -0.05) is 0 Å². The van der Waals surface area contributed by atoms with Crippen molar-refractivity contribution in [3.8, 4) is 0 Å². The van der Waals surface area contributed by atoms with Gasteiger partial charge in [0, 0.05) is 20.8 Å². The summed E-state index contributed by atoms with van der Waals surface area (Å²) < 4.78 is 28.6. The Labute approximate surface area is 183 Å². The molecule has 1 saturated heterocycles. The molecule has 0 aromatic heterocycles. The van der Waals surface area contributed by atoms with Crippen LogP contribution in [-0.2, 0) is 38.1 Å². The number of hydrogen-bond donors (Lipinski definition) is 0. The second-order valence-corrected chi connectivity index (χ2v) is 10.2. The number of rotatable bonds is 6. The van der Waals surface area contributed by atoms with Gasteiger partial charge in [0.05, 0.1) is 12.7 Å². The molecule has 0 amide bonds. The standard InChI is InChI=1S/C23H34O8/c1-12-19(29-13(2)24)20(30-14(3)25)21(31-15(4)26)22(28-12)27-11-23-8-16-5-17(9-23)7-18(6-16)10-23/h12,16-22H,5-11H2,1-4H3/t12-,16?,17?,18?,19+,20+,21-,22-,23?/m0/s1.